The molecule has 0 aliphatic rings. The lowest BCUT2D eigenvalue weighted by Gasteiger charge is -2.15. The number of anilines is 1. The highest BCUT2D eigenvalue weighted by Crippen LogP contribution is 2.23. The molecule has 2 amide bonds. The number of fused-ring (bicyclic) bond motifs is 1. The maximum atomic E-state index is 13.6. The van der Waals surface area contributed by atoms with E-state index in [2.05, 4.69) is 5.32 Å². The zero-order chi connectivity index (χ0) is 22.7. The lowest BCUT2D eigenvalue weighted by molar-refractivity contribution is -0.129. The molecule has 3 rings (SSSR count). The second-order valence-corrected chi connectivity index (χ2v) is 6.66. The molecule has 0 unspecified atom stereocenters. The van der Waals surface area contributed by atoms with Gasteiger partial charge in [-0.05, 0) is 43.7 Å². The molecule has 0 bridgehead atoms. The summed E-state index contributed by atoms with van der Waals surface area (Å²) in [5, 5.41) is 5.03. The second-order valence-electron chi connectivity index (χ2n) is 6.66. The molecule has 0 radical (unpaired) electrons. The highest BCUT2D eigenvalue weighted by Gasteiger charge is 2.18. The van der Waals surface area contributed by atoms with Crippen molar-refractivity contribution in [2.75, 3.05) is 11.9 Å². The van der Waals surface area contributed by atoms with E-state index in [1.54, 1.807) is 19.1 Å². The molecule has 3 aromatic rings. The van der Waals surface area contributed by atoms with Gasteiger partial charge in [0.25, 0.3) is 5.91 Å². The van der Waals surface area contributed by atoms with Gasteiger partial charge in [0.05, 0.1) is 12.2 Å². The molecular weight excluding hydrogens is 417 g/mol. The van der Waals surface area contributed by atoms with Crippen LogP contribution < -0.4 is 21.0 Å². The summed E-state index contributed by atoms with van der Waals surface area (Å²) < 4.78 is 50.3. The van der Waals surface area contributed by atoms with E-state index in [4.69, 9.17) is 9.15 Å². The Morgan fingerprint density at radius 1 is 1.10 bits per heavy atom. The summed E-state index contributed by atoms with van der Waals surface area (Å²) in [7, 11) is 0. The van der Waals surface area contributed by atoms with Crippen molar-refractivity contribution in [3.63, 3.8) is 0 Å². The monoisotopic (exact) mass is 434 g/mol. The largest absolute Gasteiger partial charge is 0.481 e. The van der Waals surface area contributed by atoms with Crippen LogP contribution in [0.5, 0.6) is 5.75 Å². The van der Waals surface area contributed by atoms with Crippen molar-refractivity contribution < 1.29 is 31.9 Å². The molecule has 2 N–H and O–H groups in total. The van der Waals surface area contributed by atoms with Crippen LogP contribution in [0.3, 0.4) is 0 Å². The number of amides is 2. The van der Waals surface area contributed by atoms with Crippen LogP contribution in [0.4, 0.5) is 18.9 Å². The first-order valence-corrected chi connectivity index (χ1v) is 9.08. The molecule has 0 saturated heterocycles. The predicted octanol–water partition coefficient (Wildman–Crippen LogP) is 3.04. The van der Waals surface area contributed by atoms with Crippen molar-refractivity contribution in [3.8, 4) is 5.75 Å². The topological polar surface area (TPSA) is 97.6 Å². The summed E-state index contributed by atoms with van der Waals surface area (Å²) in [5.74, 6) is -5.91. The molecule has 1 aromatic heterocycles. The smallest absolute Gasteiger partial charge is 0.336 e. The first kappa shape index (κ1) is 21.9. The molecule has 0 fully saturated rings. The molecule has 31 heavy (non-hydrogen) atoms. The Bertz CT molecular complexity index is 1230. The Balaban J connectivity index is 1.58. The van der Waals surface area contributed by atoms with Gasteiger partial charge in [0.1, 0.15) is 11.3 Å². The number of halogens is 3. The van der Waals surface area contributed by atoms with E-state index in [0.29, 0.717) is 17.0 Å². The third-order valence-electron chi connectivity index (χ3n) is 4.34. The Labute approximate surface area is 173 Å². The minimum absolute atomic E-state index is 0.261. The van der Waals surface area contributed by atoms with Crippen LogP contribution in [-0.4, -0.2) is 24.5 Å². The highest BCUT2D eigenvalue weighted by atomic mass is 19.2. The number of nitrogens with one attached hydrogen (secondary N) is 2. The maximum Gasteiger partial charge on any atom is 0.336 e. The summed E-state index contributed by atoms with van der Waals surface area (Å²) in [6.45, 7) is 2.63. The quantitative estimate of drug-likeness (QED) is 0.459. The van der Waals surface area contributed by atoms with Gasteiger partial charge in [-0.1, -0.05) is 0 Å². The number of carbonyl (C=O) groups is 2. The van der Waals surface area contributed by atoms with Crippen molar-refractivity contribution >= 4 is 28.5 Å². The molecule has 1 heterocycles. The zero-order valence-corrected chi connectivity index (χ0v) is 16.4. The first-order chi connectivity index (χ1) is 14.7. The van der Waals surface area contributed by atoms with Gasteiger partial charge in [-0.2, -0.15) is 0 Å². The molecule has 0 aliphatic heterocycles. The molecule has 0 aliphatic carbocycles. The number of benzene rings is 2. The van der Waals surface area contributed by atoms with Crippen molar-refractivity contribution in [1.82, 2.24) is 5.32 Å². The standard InChI is InChI=1S/C21H17F3N2O5/c1-10-7-18(28)31-16-8-12(3-4-13(10)16)30-11(2)21(29)25-9-17(27)26-15-6-5-14(22)19(23)20(15)24/h3-8,11H,9H2,1-2H3,(H,25,29)(H,26,27)/t11-/m0/s1. The Morgan fingerprint density at radius 3 is 2.58 bits per heavy atom. The van der Waals surface area contributed by atoms with E-state index in [0.717, 1.165) is 11.6 Å². The van der Waals surface area contributed by atoms with Crippen LogP contribution in [0.25, 0.3) is 11.0 Å². The van der Waals surface area contributed by atoms with Crippen LogP contribution >= 0.6 is 0 Å². The van der Waals surface area contributed by atoms with Gasteiger partial charge in [-0.3, -0.25) is 9.59 Å². The van der Waals surface area contributed by atoms with Crippen LogP contribution in [0.1, 0.15) is 12.5 Å². The fourth-order valence-corrected chi connectivity index (χ4v) is 2.76. The number of carbonyl (C=O) groups excluding carboxylic acids is 2. The number of aryl methyl sites for hydroxylation is 1. The van der Waals surface area contributed by atoms with Gasteiger partial charge < -0.3 is 19.8 Å². The minimum Gasteiger partial charge on any atom is -0.481 e. The van der Waals surface area contributed by atoms with Crippen molar-refractivity contribution in [1.29, 1.82) is 0 Å². The van der Waals surface area contributed by atoms with Gasteiger partial charge in [0, 0.05) is 17.5 Å². The van der Waals surface area contributed by atoms with Gasteiger partial charge in [-0.15, -0.1) is 0 Å². The predicted molar refractivity (Wildman–Crippen MR) is 105 cm³/mol. The summed E-state index contributed by atoms with van der Waals surface area (Å²) in [5.41, 5.74) is -0.0538. The summed E-state index contributed by atoms with van der Waals surface area (Å²) in [4.78, 5) is 35.5. The highest BCUT2D eigenvalue weighted by molar-refractivity contribution is 5.95. The molecule has 0 saturated carbocycles. The Kier molecular flexibility index (Phi) is 6.28. The molecule has 1 atom stereocenters. The minimum atomic E-state index is -1.72. The van der Waals surface area contributed by atoms with Crippen LogP contribution in [-0.2, 0) is 9.59 Å². The van der Waals surface area contributed by atoms with Crippen molar-refractivity contribution in [2.45, 2.75) is 20.0 Å². The number of ether oxygens (including phenoxy) is 1. The van der Waals surface area contributed by atoms with Crippen molar-refractivity contribution in [3.05, 3.63) is 69.8 Å². The van der Waals surface area contributed by atoms with Gasteiger partial charge >= 0.3 is 5.63 Å². The Hall–Kier alpha value is -3.82. The molecule has 162 valence electrons. The van der Waals surface area contributed by atoms with E-state index in [-0.39, 0.29) is 5.75 Å². The van der Waals surface area contributed by atoms with Crippen LogP contribution in [0.15, 0.2) is 45.6 Å². The van der Waals surface area contributed by atoms with E-state index in [9.17, 15) is 27.6 Å². The second kappa shape index (κ2) is 8.90. The van der Waals surface area contributed by atoms with E-state index in [1.165, 1.54) is 19.1 Å². The summed E-state index contributed by atoms with van der Waals surface area (Å²) in [6, 6.07) is 7.62. The average Bonchev–Trinajstić information content (AvgIpc) is 2.72. The zero-order valence-electron chi connectivity index (χ0n) is 16.4. The normalized spacial score (nSPS) is 11.8. The average molecular weight is 434 g/mol. The molecule has 2 aromatic carbocycles. The molecule has 7 nitrogen and oxygen atoms in total. The Morgan fingerprint density at radius 2 is 1.84 bits per heavy atom. The third-order valence-corrected chi connectivity index (χ3v) is 4.34. The van der Waals surface area contributed by atoms with E-state index >= 15 is 0 Å². The van der Waals surface area contributed by atoms with E-state index in [1.807, 2.05) is 5.32 Å². The van der Waals surface area contributed by atoms with Gasteiger partial charge in [0.15, 0.2) is 23.6 Å². The fourth-order valence-electron chi connectivity index (χ4n) is 2.76. The molecule has 10 heteroatoms. The fraction of sp³-hybridized carbons (Fsp3) is 0.190. The summed E-state index contributed by atoms with van der Waals surface area (Å²) in [6.07, 6.45) is -1.03. The van der Waals surface area contributed by atoms with Crippen LogP contribution in [0.2, 0.25) is 0 Å². The first-order valence-electron chi connectivity index (χ1n) is 9.08. The number of hydrogen-bond acceptors (Lipinski definition) is 5. The molecule has 0 spiro atoms. The lowest BCUT2D eigenvalue weighted by atomic mass is 10.1. The lowest BCUT2D eigenvalue weighted by Crippen LogP contribution is -2.40. The van der Waals surface area contributed by atoms with Crippen LogP contribution in [0, 0.1) is 24.4 Å². The number of rotatable bonds is 6. The summed E-state index contributed by atoms with van der Waals surface area (Å²) >= 11 is 0. The number of hydrogen-bond donors (Lipinski definition) is 2. The SMILES string of the molecule is Cc1cc(=O)oc2cc(O[C@@H](C)C(=O)NCC(=O)Nc3ccc(F)c(F)c3F)ccc12. The maximum absolute atomic E-state index is 13.6. The van der Waals surface area contributed by atoms with Crippen molar-refractivity contribution in [2.24, 2.45) is 0 Å². The van der Waals surface area contributed by atoms with Gasteiger partial charge in [0.2, 0.25) is 5.91 Å². The third kappa shape index (κ3) is 5.03. The van der Waals surface area contributed by atoms with Gasteiger partial charge in [-0.25, -0.2) is 18.0 Å². The molecular formula is C21H17F3N2O5. The van der Waals surface area contributed by atoms with E-state index < -0.39 is 53.2 Å².